The molecule has 2 rings (SSSR count). The molecule has 0 atom stereocenters. The molecular weight excluding hydrogens is 220 g/mol. The van der Waals surface area contributed by atoms with E-state index in [2.05, 4.69) is 6.58 Å². The Morgan fingerprint density at radius 3 is 3.00 bits per heavy atom. The summed E-state index contributed by atoms with van der Waals surface area (Å²) < 4.78 is 10.5. The summed E-state index contributed by atoms with van der Waals surface area (Å²) in [6, 6.07) is 2.96. The number of aromatic hydroxyl groups is 1. The highest BCUT2D eigenvalue weighted by molar-refractivity contribution is 5.84. The third-order valence-corrected chi connectivity index (χ3v) is 2.37. The quantitative estimate of drug-likeness (QED) is 0.825. The monoisotopic (exact) mass is 232 g/mol. The van der Waals surface area contributed by atoms with Crippen LogP contribution < -0.4 is 10.2 Å². The second-order valence-electron chi connectivity index (χ2n) is 3.66. The van der Waals surface area contributed by atoms with E-state index in [0.717, 1.165) is 0 Å². The number of hydrogen-bond acceptors (Lipinski definition) is 4. The largest absolute Gasteiger partial charge is 0.507 e. The topological polar surface area (TPSA) is 59.7 Å². The fraction of sp³-hybridized carbons (Fsp3) is 0.154. The minimum absolute atomic E-state index is 0.140. The van der Waals surface area contributed by atoms with Gasteiger partial charge in [0.15, 0.2) is 5.43 Å². The minimum atomic E-state index is -0.237. The summed E-state index contributed by atoms with van der Waals surface area (Å²) in [5.74, 6) is 0.293. The predicted molar refractivity (Wildman–Crippen MR) is 64.6 cm³/mol. The van der Waals surface area contributed by atoms with Gasteiger partial charge in [0.25, 0.3) is 0 Å². The zero-order valence-corrected chi connectivity index (χ0v) is 9.40. The van der Waals surface area contributed by atoms with E-state index in [4.69, 9.17) is 9.15 Å². The van der Waals surface area contributed by atoms with E-state index < -0.39 is 0 Å². The van der Waals surface area contributed by atoms with Crippen molar-refractivity contribution in [2.75, 3.05) is 6.61 Å². The number of aryl methyl sites for hydroxylation is 1. The number of benzene rings is 1. The van der Waals surface area contributed by atoms with E-state index in [1.165, 1.54) is 12.3 Å². The third kappa shape index (κ3) is 2.01. The van der Waals surface area contributed by atoms with Gasteiger partial charge >= 0.3 is 0 Å². The molecule has 1 aromatic heterocycles. The van der Waals surface area contributed by atoms with Gasteiger partial charge in [-0.15, -0.1) is 0 Å². The first kappa shape index (κ1) is 11.3. The van der Waals surface area contributed by atoms with Gasteiger partial charge in [-0.1, -0.05) is 12.7 Å². The zero-order valence-electron chi connectivity index (χ0n) is 9.40. The summed E-state index contributed by atoms with van der Waals surface area (Å²) in [7, 11) is 0. The minimum Gasteiger partial charge on any atom is -0.507 e. The van der Waals surface area contributed by atoms with Crippen molar-refractivity contribution in [3.63, 3.8) is 0 Å². The van der Waals surface area contributed by atoms with Gasteiger partial charge in [0.1, 0.15) is 29.1 Å². The Morgan fingerprint density at radius 2 is 2.29 bits per heavy atom. The molecule has 0 fully saturated rings. The molecule has 17 heavy (non-hydrogen) atoms. The Kier molecular flexibility index (Phi) is 2.87. The molecule has 4 heteroatoms. The Hall–Kier alpha value is -2.23. The predicted octanol–water partition coefficient (Wildman–Crippen LogP) is 2.37. The molecule has 4 nitrogen and oxygen atoms in total. The van der Waals surface area contributed by atoms with Crippen LogP contribution in [0.4, 0.5) is 0 Å². The third-order valence-electron chi connectivity index (χ3n) is 2.37. The molecular formula is C13H12O4. The second kappa shape index (κ2) is 4.33. The molecule has 0 aliphatic heterocycles. The fourth-order valence-electron chi connectivity index (χ4n) is 1.54. The smallest absolute Gasteiger partial charge is 0.199 e. The molecule has 88 valence electrons. The molecule has 2 aromatic rings. The fourth-order valence-corrected chi connectivity index (χ4v) is 1.54. The lowest BCUT2D eigenvalue weighted by Crippen LogP contribution is -2.05. The lowest BCUT2D eigenvalue weighted by molar-refractivity contribution is 0.360. The van der Waals surface area contributed by atoms with E-state index in [1.54, 1.807) is 19.1 Å². The van der Waals surface area contributed by atoms with E-state index in [0.29, 0.717) is 23.5 Å². The van der Waals surface area contributed by atoms with Gasteiger partial charge in [-0.3, -0.25) is 4.79 Å². The standard InChI is InChI=1S/C13H12O4/c1-3-4-16-9-5-10(14)12-11(6-9)17-7-8(2)13(12)15/h3,5-7,14H,1,4H2,2H3. The van der Waals surface area contributed by atoms with Gasteiger partial charge in [-0.05, 0) is 6.92 Å². The van der Waals surface area contributed by atoms with Crippen molar-refractivity contribution in [3.8, 4) is 11.5 Å². The highest BCUT2D eigenvalue weighted by atomic mass is 16.5. The molecule has 1 heterocycles. The van der Waals surface area contributed by atoms with Crippen LogP contribution in [0.25, 0.3) is 11.0 Å². The maximum atomic E-state index is 11.8. The molecule has 0 aliphatic rings. The molecule has 0 aliphatic carbocycles. The van der Waals surface area contributed by atoms with Gasteiger partial charge in [-0.25, -0.2) is 0 Å². The van der Waals surface area contributed by atoms with Crippen LogP contribution in [-0.2, 0) is 0 Å². The first-order valence-electron chi connectivity index (χ1n) is 5.12. The van der Waals surface area contributed by atoms with Crippen LogP contribution in [0.3, 0.4) is 0 Å². The molecule has 0 saturated carbocycles. The number of rotatable bonds is 3. The van der Waals surface area contributed by atoms with Crippen LogP contribution in [0, 0.1) is 6.92 Å². The van der Waals surface area contributed by atoms with E-state index in [-0.39, 0.29) is 16.6 Å². The number of ether oxygens (including phenoxy) is 1. The lowest BCUT2D eigenvalue weighted by Gasteiger charge is -2.06. The summed E-state index contributed by atoms with van der Waals surface area (Å²) in [4.78, 5) is 11.8. The average molecular weight is 232 g/mol. The van der Waals surface area contributed by atoms with Gasteiger partial charge in [0, 0.05) is 17.7 Å². The van der Waals surface area contributed by atoms with Gasteiger partial charge in [0.2, 0.25) is 0 Å². The van der Waals surface area contributed by atoms with Gasteiger partial charge in [0.05, 0.1) is 6.26 Å². The Labute approximate surface area is 97.8 Å². The van der Waals surface area contributed by atoms with Crippen molar-refractivity contribution in [3.05, 3.63) is 46.8 Å². The van der Waals surface area contributed by atoms with E-state index in [9.17, 15) is 9.90 Å². The molecule has 0 unspecified atom stereocenters. The Morgan fingerprint density at radius 1 is 1.53 bits per heavy atom. The average Bonchev–Trinajstić information content (AvgIpc) is 2.31. The molecule has 0 spiro atoms. The highest BCUT2D eigenvalue weighted by Crippen LogP contribution is 2.28. The summed E-state index contributed by atoms with van der Waals surface area (Å²) in [6.07, 6.45) is 2.95. The molecule has 0 bridgehead atoms. The summed E-state index contributed by atoms with van der Waals surface area (Å²) >= 11 is 0. The highest BCUT2D eigenvalue weighted by Gasteiger charge is 2.10. The van der Waals surface area contributed by atoms with Crippen LogP contribution in [0.15, 0.2) is 40.3 Å². The Balaban J connectivity index is 2.64. The SMILES string of the molecule is C=CCOc1cc(O)c2c(=O)c(C)coc2c1. The van der Waals surface area contributed by atoms with Crippen molar-refractivity contribution in [1.82, 2.24) is 0 Å². The number of phenolic OH excluding ortho intramolecular Hbond substituents is 1. The number of phenols is 1. The van der Waals surface area contributed by atoms with E-state index >= 15 is 0 Å². The van der Waals surface area contributed by atoms with Crippen LogP contribution >= 0.6 is 0 Å². The number of fused-ring (bicyclic) bond motifs is 1. The maximum Gasteiger partial charge on any atom is 0.199 e. The summed E-state index contributed by atoms with van der Waals surface area (Å²) in [5, 5.41) is 9.97. The first-order valence-corrected chi connectivity index (χ1v) is 5.12. The maximum absolute atomic E-state index is 11.8. The normalized spacial score (nSPS) is 10.4. The molecule has 0 saturated heterocycles. The summed E-state index contributed by atoms with van der Waals surface area (Å²) in [5.41, 5.74) is 0.520. The molecule has 1 N–H and O–H groups in total. The lowest BCUT2D eigenvalue weighted by atomic mass is 10.1. The van der Waals surface area contributed by atoms with Crippen LogP contribution in [0.5, 0.6) is 11.5 Å². The van der Waals surface area contributed by atoms with Crippen LogP contribution in [-0.4, -0.2) is 11.7 Å². The van der Waals surface area contributed by atoms with Crippen LogP contribution in [0.1, 0.15) is 5.56 Å². The van der Waals surface area contributed by atoms with Crippen LogP contribution in [0.2, 0.25) is 0 Å². The first-order chi connectivity index (χ1) is 8.13. The van der Waals surface area contributed by atoms with Crippen molar-refractivity contribution in [2.24, 2.45) is 0 Å². The Bertz CT molecular complexity index is 625. The number of hydrogen-bond donors (Lipinski definition) is 1. The van der Waals surface area contributed by atoms with Crippen molar-refractivity contribution in [2.45, 2.75) is 6.92 Å². The summed E-state index contributed by atoms with van der Waals surface area (Å²) in [6.45, 7) is 5.48. The molecule has 0 radical (unpaired) electrons. The molecule has 0 amide bonds. The second-order valence-corrected chi connectivity index (χ2v) is 3.66. The van der Waals surface area contributed by atoms with Crippen molar-refractivity contribution in [1.29, 1.82) is 0 Å². The van der Waals surface area contributed by atoms with Crippen molar-refractivity contribution >= 4 is 11.0 Å². The van der Waals surface area contributed by atoms with Gasteiger partial charge in [-0.2, -0.15) is 0 Å². The van der Waals surface area contributed by atoms with Crippen molar-refractivity contribution < 1.29 is 14.3 Å². The zero-order chi connectivity index (χ0) is 12.4. The molecule has 1 aromatic carbocycles. The van der Waals surface area contributed by atoms with E-state index in [1.807, 2.05) is 0 Å². The van der Waals surface area contributed by atoms with Gasteiger partial charge < -0.3 is 14.3 Å².